The molecule has 0 spiro atoms. The van der Waals surface area contributed by atoms with E-state index < -0.39 is 0 Å². The monoisotopic (exact) mass is 288 g/mol. The number of hydrogen-bond acceptors (Lipinski definition) is 3. The molecule has 0 aliphatic carbocycles. The van der Waals surface area contributed by atoms with Crippen molar-refractivity contribution in [3.63, 3.8) is 0 Å². The standard InChI is InChI=1S/C13H20N2OS.ClH/c1-2-15(10-12-6-4-8-17-12)13(16)11-5-3-7-14-9-11;/h4,6,8,11,14H,2-3,5,7,9-10H2,1H3;1H. The summed E-state index contributed by atoms with van der Waals surface area (Å²) in [6.07, 6.45) is 2.15. The summed E-state index contributed by atoms with van der Waals surface area (Å²) in [5.74, 6) is 0.497. The van der Waals surface area contributed by atoms with Crippen LogP contribution < -0.4 is 5.32 Å². The summed E-state index contributed by atoms with van der Waals surface area (Å²) in [7, 11) is 0. The van der Waals surface area contributed by atoms with Gasteiger partial charge in [-0.25, -0.2) is 0 Å². The van der Waals surface area contributed by atoms with E-state index in [-0.39, 0.29) is 18.3 Å². The van der Waals surface area contributed by atoms with Gasteiger partial charge in [-0.05, 0) is 37.8 Å². The molecule has 1 fully saturated rings. The lowest BCUT2D eigenvalue weighted by molar-refractivity contribution is -0.136. The summed E-state index contributed by atoms with van der Waals surface area (Å²) in [5, 5.41) is 5.37. The van der Waals surface area contributed by atoms with Crippen LogP contribution in [0.3, 0.4) is 0 Å². The number of carbonyl (C=O) groups excluding carboxylic acids is 1. The predicted octanol–water partition coefficient (Wildman–Crippen LogP) is 2.52. The van der Waals surface area contributed by atoms with E-state index in [4.69, 9.17) is 0 Å². The van der Waals surface area contributed by atoms with Crippen LogP contribution in [0.2, 0.25) is 0 Å². The number of nitrogens with one attached hydrogen (secondary N) is 1. The van der Waals surface area contributed by atoms with Gasteiger partial charge in [-0.2, -0.15) is 0 Å². The fraction of sp³-hybridized carbons (Fsp3) is 0.615. The van der Waals surface area contributed by atoms with Gasteiger partial charge in [-0.15, -0.1) is 23.7 Å². The summed E-state index contributed by atoms with van der Waals surface area (Å²) in [6, 6.07) is 4.14. The SMILES string of the molecule is CCN(Cc1cccs1)C(=O)C1CCCNC1.Cl. The van der Waals surface area contributed by atoms with Crippen LogP contribution in [0.5, 0.6) is 0 Å². The molecule has 2 heterocycles. The molecule has 18 heavy (non-hydrogen) atoms. The van der Waals surface area contributed by atoms with Crippen molar-refractivity contribution in [2.45, 2.75) is 26.3 Å². The molecule has 0 aromatic carbocycles. The molecule has 5 heteroatoms. The van der Waals surface area contributed by atoms with Gasteiger partial charge in [-0.1, -0.05) is 6.07 Å². The number of rotatable bonds is 4. The Morgan fingerprint density at radius 3 is 3.00 bits per heavy atom. The first kappa shape index (κ1) is 15.5. The zero-order chi connectivity index (χ0) is 12.1. The molecule has 1 amide bonds. The van der Waals surface area contributed by atoms with Gasteiger partial charge in [-0.3, -0.25) is 4.79 Å². The first-order valence-corrected chi connectivity index (χ1v) is 7.21. The lowest BCUT2D eigenvalue weighted by Gasteiger charge is -2.28. The average Bonchev–Trinajstić information content (AvgIpc) is 2.89. The van der Waals surface area contributed by atoms with Gasteiger partial charge in [0.1, 0.15) is 0 Å². The highest BCUT2D eigenvalue weighted by atomic mass is 35.5. The first-order valence-electron chi connectivity index (χ1n) is 6.33. The molecular weight excluding hydrogens is 268 g/mol. The molecule has 1 saturated heterocycles. The van der Waals surface area contributed by atoms with E-state index in [0.717, 1.165) is 39.0 Å². The molecule has 1 aromatic heterocycles. The number of piperidine rings is 1. The topological polar surface area (TPSA) is 32.3 Å². The fourth-order valence-electron chi connectivity index (χ4n) is 2.26. The molecule has 1 atom stereocenters. The maximum absolute atomic E-state index is 12.3. The van der Waals surface area contributed by atoms with Crippen molar-refractivity contribution in [2.75, 3.05) is 19.6 Å². The largest absolute Gasteiger partial charge is 0.338 e. The van der Waals surface area contributed by atoms with Gasteiger partial charge in [0.25, 0.3) is 0 Å². The minimum atomic E-state index is 0. The molecule has 3 nitrogen and oxygen atoms in total. The molecular formula is C13H21ClN2OS. The van der Waals surface area contributed by atoms with Gasteiger partial charge in [0, 0.05) is 18.0 Å². The zero-order valence-electron chi connectivity index (χ0n) is 10.7. The van der Waals surface area contributed by atoms with Crippen LogP contribution in [-0.2, 0) is 11.3 Å². The normalized spacial score (nSPS) is 19.1. The molecule has 1 N–H and O–H groups in total. The number of hydrogen-bond donors (Lipinski definition) is 1. The summed E-state index contributed by atoms with van der Waals surface area (Å²) >= 11 is 1.72. The predicted molar refractivity (Wildman–Crippen MR) is 78.3 cm³/mol. The van der Waals surface area contributed by atoms with Crippen LogP contribution >= 0.6 is 23.7 Å². The van der Waals surface area contributed by atoms with Crippen molar-refractivity contribution in [3.05, 3.63) is 22.4 Å². The quantitative estimate of drug-likeness (QED) is 0.923. The highest BCUT2D eigenvalue weighted by Crippen LogP contribution is 2.17. The van der Waals surface area contributed by atoms with Crippen molar-refractivity contribution in [3.8, 4) is 0 Å². The molecule has 0 bridgehead atoms. The molecule has 102 valence electrons. The Labute approximate surface area is 119 Å². The molecule has 1 aliphatic rings. The minimum absolute atomic E-state index is 0. The molecule has 1 aliphatic heterocycles. The van der Waals surface area contributed by atoms with E-state index in [1.807, 2.05) is 11.0 Å². The van der Waals surface area contributed by atoms with Crippen LogP contribution in [0.15, 0.2) is 17.5 Å². The molecule has 0 saturated carbocycles. The van der Waals surface area contributed by atoms with E-state index in [9.17, 15) is 4.79 Å². The molecule has 0 radical (unpaired) electrons. The second-order valence-corrected chi connectivity index (χ2v) is 5.51. The van der Waals surface area contributed by atoms with Crippen molar-refractivity contribution in [1.82, 2.24) is 10.2 Å². The molecule has 2 rings (SSSR count). The third-order valence-corrected chi connectivity index (χ3v) is 4.13. The molecule has 1 unspecified atom stereocenters. The third-order valence-electron chi connectivity index (χ3n) is 3.27. The van der Waals surface area contributed by atoms with Crippen LogP contribution in [0.4, 0.5) is 0 Å². The summed E-state index contributed by atoms with van der Waals surface area (Å²) in [4.78, 5) is 15.6. The summed E-state index contributed by atoms with van der Waals surface area (Å²) in [5.41, 5.74) is 0. The number of carbonyl (C=O) groups is 1. The number of thiophene rings is 1. The average molecular weight is 289 g/mol. The maximum atomic E-state index is 12.3. The van der Waals surface area contributed by atoms with Gasteiger partial charge in [0.05, 0.1) is 12.5 Å². The lowest BCUT2D eigenvalue weighted by atomic mass is 9.98. The Balaban J connectivity index is 0.00000162. The van der Waals surface area contributed by atoms with Crippen molar-refractivity contribution in [2.24, 2.45) is 5.92 Å². The van der Waals surface area contributed by atoms with Gasteiger partial charge in [0.15, 0.2) is 0 Å². The minimum Gasteiger partial charge on any atom is -0.338 e. The lowest BCUT2D eigenvalue weighted by Crippen LogP contribution is -2.42. The van der Waals surface area contributed by atoms with E-state index in [1.165, 1.54) is 4.88 Å². The number of halogens is 1. The van der Waals surface area contributed by atoms with Crippen LogP contribution in [0, 0.1) is 5.92 Å². The Morgan fingerprint density at radius 1 is 1.61 bits per heavy atom. The smallest absolute Gasteiger partial charge is 0.227 e. The summed E-state index contributed by atoms with van der Waals surface area (Å²) < 4.78 is 0. The van der Waals surface area contributed by atoms with Crippen molar-refractivity contribution in [1.29, 1.82) is 0 Å². The second kappa shape index (κ2) is 7.77. The van der Waals surface area contributed by atoms with Gasteiger partial charge in [0.2, 0.25) is 5.91 Å². The van der Waals surface area contributed by atoms with E-state index in [0.29, 0.717) is 5.91 Å². The Bertz CT molecular complexity index is 350. The Kier molecular flexibility index (Phi) is 6.68. The van der Waals surface area contributed by atoms with Crippen molar-refractivity contribution < 1.29 is 4.79 Å². The highest BCUT2D eigenvalue weighted by Gasteiger charge is 2.25. The summed E-state index contributed by atoms with van der Waals surface area (Å²) in [6.45, 7) is 5.53. The third kappa shape index (κ3) is 3.97. The number of amides is 1. The number of nitrogens with zero attached hydrogens (tertiary/aromatic N) is 1. The fourth-order valence-corrected chi connectivity index (χ4v) is 2.98. The molecule has 1 aromatic rings. The Morgan fingerprint density at radius 2 is 2.44 bits per heavy atom. The van der Waals surface area contributed by atoms with Crippen LogP contribution in [0.25, 0.3) is 0 Å². The highest BCUT2D eigenvalue weighted by molar-refractivity contribution is 7.09. The first-order chi connectivity index (χ1) is 8.31. The van der Waals surface area contributed by atoms with Crippen LogP contribution in [0.1, 0.15) is 24.6 Å². The second-order valence-electron chi connectivity index (χ2n) is 4.48. The van der Waals surface area contributed by atoms with Gasteiger partial charge >= 0.3 is 0 Å². The van der Waals surface area contributed by atoms with E-state index in [1.54, 1.807) is 11.3 Å². The zero-order valence-corrected chi connectivity index (χ0v) is 12.4. The van der Waals surface area contributed by atoms with E-state index in [2.05, 4.69) is 23.7 Å². The van der Waals surface area contributed by atoms with Gasteiger partial charge < -0.3 is 10.2 Å². The van der Waals surface area contributed by atoms with Crippen molar-refractivity contribution >= 4 is 29.7 Å². The van der Waals surface area contributed by atoms with E-state index >= 15 is 0 Å². The Hall–Kier alpha value is -0.580. The maximum Gasteiger partial charge on any atom is 0.227 e. The van der Waals surface area contributed by atoms with Crippen LogP contribution in [-0.4, -0.2) is 30.4 Å².